The number of alkyl halides is 1. The summed E-state index contributed by atoms with van der Waals surface area (Å²) in [7, 11) is 0. The average molecular weight is 511 g/mol. The summed E-state index contributed by atoms with van der Waals surface area (Å²) < 4.78 is 18.9. The molecule has 5 atom stereocenters. The van der Waals surface area contributed by atoms with Gasteiger partial charge >= 0.3 is 0 Å². The molecule has 1 fully saturated rings. The van der Waals surface area contributed by atoms with Crippen LogP contribution in [0.2, 0.25) is 0 Å². The van der Waals surface area contributed by atoms with E-state index in [1.54, 1.807) is 0 Å². The Hall–Kier alpha value is -2.02. The number of aliphatic hydroxyl groups is 1. The summed E-state index contributed by atoms with van der Waals surface area (Å²) in [5.74, 6) is 0.0157. The second-order valence-corrected chi connectivity index (χ2v) is 9.59. The van der Waals surface area contributed by atoms with Gasteiger partial charge in [-0.2, -0.15) is 0 Å². The Kier molecular flexibility index (Phi) is 9.09. The molecule has 0 aliphatic heterocycles. The molecule has 0 saturated heterocycles. The van der Waals surface area contributed by atoms with Gasteiger partial charge in [-0.3, -0.25) is 0 Å². The number of halogens is 1. The van der Waals surface area contributed by atoms with Gasteiger partial charge in [-0.25, -0.2) is 0 Å². The zero-order valence-electron chi connectivity index (χ0n) is 18.6. The predicted octanol–water partition coefficient (Wildman–Crippen LogP) is 5.52. The highest BCUT2D eigenvalue weighted by Gasteiger charge is 2.45. The summed E-state index contributed by atoms with van der Waals surface area (Å²) in [5, 5.41) is 10.8. The molecule has 174 valence electrons. The van der Waals surface area contributed by atoms with Crippen molar-refractivity contribution in [2.45, 2.75) is 49.4 Å². The SMILES string of the molecule is O[C@H]1C[C@H](COCc2ccccc2)[C@@H](OCc2ccccc2)[C@H](OCc2ccccc2)[C@@H]1Br. The number of benzene rings is 3. The van der Waals surface area contributed by atoms with Crippen LogP contribution in [0.5, 0.6) is 0 Å². The summed E-state index contributed by atoms with van der Waals surface area (Å²) in [6.45, 7) is 1.98. The predicted molar refractivity (Wildman–Crippen MR) is 133 cm³/mol. The molecular weight excluding hydrogens is 480 g/mol. The molecule has 0 aromatic heterocycles. The highest BCUT2D eigenvalue weighted by atomic mass is 79.9. The van der Waals surface area contributed by atoms with E-state index in [1.807, 2.05) is 66.7 Å². The molecule has 0 bridgehead atoms. The molecule has 4 nitrogen and oxygen atoms in total. The Bertz CT molecular complexity index is 938. The van der Waals surface area contributed by atoms with Crippen molar-refractivity contribution in [3.63, 3.8) is 0 Å². The van der Waals surface area contributed by atoms with Gasteiger partial charge in [0, 0.05) is 5.92 Å². The molecule has 4 rings (SSSR count). The van der Waals surface area contributed by atoms with Crippen molar-refractivity contribution >= 4 is 15.9 Å². The molecule has 3 aromatic carbocycles. The van der Waals surface area contributed by atoms with Gasteiger partial charge in [0.15, 0.2) is 0 Å². The monoisotopic (exact) mass is 510 g/mol. The van der Waals surface area contributed by atoms with E-state index in [-0.39, 0.29) is 23.0 Å². The molecule has 0 radical (unpaired) electrons. The molecule has 0 heterocycles. The van der Waals surface area contributed by atoms with Crippen LogP contribution in [0.3, 0.4) is 0 Å². The molecule has 5 heteroatoms. The minimum absolute atomic E-state index is 0.0157. The van der Waals surface area contributed by atoms with Crippen molar-refractivity contribution in [1.29, 1.82) is 0 Å². The quantitative estimate of drug-likeness (QED) is 0.365. The van der Waals surface area contributed by atoms with Crippen LogP contribution in [0, 0.1) is 5.92 Å². The Morgan fingerprint density at radius 3 is 1.64 bits per heavy atom. The molecule has 1 aliphatic rings. The smallest absolute Gasteiger partial charge is 0.0994 e. The van der Waals surface area contributed by atoms with E-state index < -0.39 is 6.10 Å². The van der Waals surface area contributed by atoms with Gasteiger partial charge < -0.3 is 19.3 Å². The lowest BCUT2D eigenvalue weighted by Gasteiger charge is -2.43. The van der Waals surface area contributed by atoms with Crippen molar-refractivity contribution in [2.24, 2.45) is 5.92 Å². The maximum Gasteiger partial charge on any atom is 0.0994 e. The number of aliphatic hydroxyl groups excluding tert-OH is 1. The van der Waals surface area contributed by atoms with E-state index in [0.717, 1.165) is 16.7 Å². The number of hydrogen-bond donors (Lipinski definition) is 1. The Balaban J connectivity index is 1.46. The van der Waals surface area contributed by atoms with Crippen LogP contribution < -0.4 is 0 Å². The Morgan fingerprint density at radius 1 is 0.667 bits per heavy atom. The van der Waals surface area contributed by atoms with Crippen LogP contribution >= 0.6 is 15.9 Å². The third-order valence-electron chi connectivity index (χ3n) is 6.03. The van der Waals surface area contributed by atoms with Crippen molar-refractivity contribution in [3.05, 3.63) is 108 Å². The fraction of sp³-hybridized carbons (Fsp3) is 0.357. The first-order chi connectivity index (χ1) is 16.2. The van der Waals surface area contributed by atoms with E-state index in [1.165, 1.54) is 0 Å². The van der Waals surface area contributed by atoms with E-state index in [0.29, 0.717) is 32.8 Å². The van der Waals surface area contributed by atoms with Crippen LogP contribution in [0.1, 0.15) is 23.1 Å². The highest BCUT2D eigenvalue weighted by molar-refractivity contribution is 9.09. The second kappa shape index (κ2) is 12.4. The third kappa shape index (κ3) is 6.98. The standard InChI is InChI=1S/C28H31BrO4/c29-26-25(30)16-24(20-31-17-21-10-4-1-5-11-21)27(32-18-22-12-6-2-7-13-22)28(26)33-19-23-14-8-3-9-15-23/h1-15,24-28,30H,16-20H2/t24-,25+,26-,27-,28-/m1/s1. The molecule has 1 aliphatic carbocycles. The lowest BCUT2D eigenvalue weighted by atomic mass is 9.82. The first-order valence-corrected chi connectivity index (χ1v) is 12.4. The van der Waals surface area contributed by atoms with E-state index >= 15 is 0 Å². The first-order valence-electron chi connectivity index (χ1n) is 11.5. The maximum absolute atomic E-state index is 10.8. The molecule has 0 unspecified atom stereocenters. The summed E-state index contributed by atoms with van der Waals surface area (Å²) in [6.07, 6.45) is -0.455. The van der Waals surface area contributed by atoms with Gasteiger partial charge in [0.05, 0.1) is 49.6 Å². The van der Waals surface area contributed by atoms with Gasteiger partial charge in [-0.1, -0.05) is 107 Å². The summed E-state index contributed by atoms with van der Waals surface area (Å²) in [5.41, 5.74) is 3.34. The summed E-state index contributed by atoms with van der Waals surface area (Å²) >= 11 is 3.70. The van der Waals surface area contributed by atoms with Gasteiger partial charge in [-0.05, 0) is 23.1 Å². The zero-order chi connectivity index (χ0) is 22.9. The summed E-state index contributed by atoms with van der Waals surface area (Å²) in [6, 6.07) is 30.4. The van der Waals surface area contributed by atoms with Crippen LogP contribution in [-0.4, -0.2) is 34.9 Å². The Morgan fingerprint density at radius 2 is 1.12 bits per heavy atom. The van der Waals surface area contributed by atoms with E-state index in [4.69, 9.17) is 14.2 Å². The number of ether oxygens (including phenoxy) is 3. The molecular formula is C28H31BrO4. The van der Waals surface area contributed by atoms with Crippen LogP contribution in [0.25, 0.3) is 0 Å². The van der Waals surface area contributed by atoms with Crippen molar-refractivity contribution in [2.75, 3.05) is 6.61 Å². The normalized spacial score (nSPS) is 25.1. The van der Waals surface area contributed by atoms with Crippen LogP contribution in [0.15, 0.2) is 91.0 Å². The lowest BCUT2D eigenvalue weighted by molar-refractivity contribution is -0.156. The molecule has 1 N–H and O–H groups in total. The van der Waals surface area contributed by atoms with Gasteiger partial charge in [0.25, 0.3) is 0 Å². The lowest BCUT2D eigenvalue weighted by Crippen LogP contribution is -2.54. The minimum atomic E-state index is -0.535. The van der Waals surface area contributed by atoms with Crippen LogP contribution in [0.4, 0.5) is 0 Å². The van der Waals surface area contributed by atoms with Crippen molar-refractivity contribution < 1.29 is 19.3 Å². The minimum Gasteiger partial charge on any atom is -0.392 e. The van der Waals surface area contributed by atoms with Crippen molar-refractivity contribution in [1.82, 2.24) is 0 Å². The van der Waals surface area contributed by atoms with E-state index in [9.17, 15) is 5.11 Å². The maximum atomic E-state index is 10.8. The van der Waals surface area contributed by atoms with Crippen molar-refractivity contribution in [3.8, 4) is 0 Å². The molecule has 0 amide bonds. The first kappa shape index (κ1) is 24.1. The third-order valence-corrected chi connectivity index (χ3v) is 7.16. The topological polar surface area (TPSA) is 47.9 Å². The number of rotatable bonds is 10. The average Bonchev–Trinajstić information content (AvgIpc) is 2.86. The second-order valence-electron chi connectivity index (χ2n) is 8.53. The van der Waals surface area contributed by atoms with Gasteiger partial charge in [0.1, 0.15) is 0 Å². The molecule has 3 aromatic rings. The summed E-state index contributed by atoms with van der Waals surface area (Å²) in [4.78, 5) is -0.215. The molecule has 33 heavy (non-hydrogen) atoms. The van der Waals surface area contributed by atoms with Crippen LogP contribution in [-0.2, 0) is 34.0 Å². The number of hydrogen-bond acceptors (Lipinski definition) is 4. The molecule has 0 spiro atoms. The fourth-order valence-electron chi connectivity index (χ4n) is 4.26. The largest absolute Gasteiger partial charge is 0.392 e. The molecule has 1 saturated carbocycles. The highest BCUT2D eigenvalue weighted by Crippen LogP contribution is 2.35. The Labute approximate surface area is 204 Å². The fourth-order valence-corrected chi connectivity index (χ4v) is 4.93. The van der Waals surface area contributed by atoms with Gasteiger partial charge in [-0.15, -0.1) is 0 Å². The zero-order valence-corrected chi connectivity index (χ0v) is 20.2. The van der Waals surface area contributed by atoms with Gasteiger partial charge in [0.2, 0.25) is 0 Å². The van der Waals surface area contributed by atoms with E-state index in [2.05, 4.69) is 40.2 Å².